The number of hydrogen-bond acceptors (Lipinski definition) is 3. The van der Waals surface area contributed by atoms with Crippen LogP contribution in [0.5, 0.6) is 11.6 Å². The average molecular weight is 360 g/mol. The summed E-state index contributed by atoms with van der Waals surface area (Å²) in [6, 6.07) is 19.8. The zero-order valence-electron chi connectivity index (χ0n) is 15.7. The van der Waals surface area contributed by atoms with Gasteiger partial charge in [0.15, 0.2) is 0 Å². The molecule has 0 radical (unpaired) electrons. The first kappa shape index (κ1) is 18.6. The van der Waals surface area contributed by atoms with Crippen molar-refractivity contribution in [2.24, 2.45) is 0 Å². The van der Waals surface area contributed by atoms with E-state index in [9.17, 15) is 4.79 Å². The molecule has 0 saturated heterocycles. The Kier molecular flexibility index (Phi) is 6.21. The quantitative estimate of drug-likeness (QED) is 0.662. The molecule has 0 spiro atoms. The Bertz CT molecular complexity index is 890. The molecular weight excluding hydrogens is 336 g/mol. The molecule has 1 amide bonds. The van der Waals surface area contributed by atoms with Crippen LogP contribution in [0, 0.1) is 13.8 Å². The molecule has 4 nitrogen and oxygen atoms in total. The van der Waals surface area contributed by atoms with Gasteiger partial charge in [-0.15, -0.1) is 0 Å². The summed E-state index contributed by atoms with van der Waals surface area (Å²) in [6.07, 6.45) is 2.96. The normalized spacial score (nSPS) is 10.4. The third-order valence-corrected chi connectivity index (χ3v) is 4.33. The van der Waals surface area contributed by atoms with Crippen LogP contribution in [0.1, 0.15) is 28.7 Å². The topological polar surface area (TPSA) is 51.2 Å². The summed E-state index contributed by atoms with van der Waals surface area (Å²) < 4.78 is 5.86. The molecule has 3 aromatic rings. The van der Waals surface area contributed by atoms with Crippen molar-refractivity contribution in [3.05, 3.63) is 89.1 Å². The molecule has 1 N–H and O–H groups in total. The first-order valence-corrected chi connectivity index (χ1v) is 9.11. The van der Waals surface area contributed by atoms with Crippen LogP contribution < -0.4 is 10.1 Å². The molecule has 4 heteroatoms. The third kappa shape index (κ3) is 5.68. The molecule has 0 aliphatic rings. The summed E-state index contributed by atoms with van der Waals surface area (Å²) in [5.41, 5.74) is 4.32. The third-order valence-electron chi connectivity index (χ3n) is 4.33. The predicted octanol–water partition coefficient (Wildman–Crippen LogP) is 4.74. The van der Waals surface area contributed by atoms with Crippen LogP contribution in [0.3, 0.4) is 0 Å². The largest absolute Gasteiger partial charge is 0.439 e. The molecule has 27 heavy (non-hydrogen) atoms. The van der Waals surface area contributed by atoms with Crippen LogP contribution >= 0.6 is 0 Å². The summed E-state index contributed by atoms with van der Waals surface area (Å²) in [5, 5.41) is 2.94. The van der Waals surface area contributed by atoms with E-state index in [0.29, 0.717) is 18.8 Å². The Balaban J connectivity index is 1.49. The van der Waals surface area contributed by atoms with Crippen LogP contribution in [-0.2, 0) is 17.8 Å². The fourth-order valence-electron chi connectivity index (χ4n) is 2.70. The lowest BCUT2D eigenvalue weighted by Crippen LogP contribution is -2.23. The molecule has 0 aliphatic heterocycles. The molecular formula is C23H24N2O2. The lowest BCUT2D eigenvalue weighted by atomic mass is 10.1. The second-order valence-electron chi connectivity index (χ2n) is 6.64. The van der Waals surface area contributed by atoms with Crippen molar-refractivity contribution in [1.29, 1.82) is 0 Å². The highest BCUT2D eigenvalue weighted by atomic mass is 16.5. The van der Waals surface area contributed by atoms with Gasteiger partial charge in [0.05, 0.1) is 0 Å². The van der Waals surface area contributed by atoms with E-state index in [-0.39, 0.29) is 5.91 Å². The van der Waals surface area contributed by atoms with E-state index in [4.69, 9.17) is 4.74 Å². The van der Waals surface area contributed by atoms with E-state index >= 15 is 0 Å². The number of rotatable bonds is 7. The Morgan fingerprint density at radius 1 is 1.00 bits per heavy atom. The highest BCUT2D eigenvalue weighted by Crippen LogP contribution is 2.24. The number of aryl methyl sites for hydroxylation is 3. The van der Waals surface area contributed by atoms with Gasteiger partial charge in [-0.25, -0.2) is 4.98 Å². The van der Waals surface area contributed by atoms with Gasteiger partial charge in [-0.2, -0.15) is 0 Å². The molecule has 138 valence electrons. The van der Waals surface area contributed by atoms with Crippen molar-refractivity contribution in [1.82, 2.24) is 10.3 Å². The number of ether oxygens (including phenoxy) is 1. The Morgan fingerprint density at radius 3 is 2.56 bits per heavy atom. The van der Waals surface area contributed by atoms with Crippen molar-refractivity contribution < 1.29 is 9.53 Å². The minimum atomic E-state index is 0.0366. The summed E-state index contributed by atoms with van der Waals surface area (Å²) in [7, 11) is 0. The van der Waals surface area contributed by atoms with Gasteiger partial charge in [0.25, 0.3) is 0 Å². The molecule has 0 aliphatic carbocycles. The van der Waals surface area contributed by atoms with Crippen molar-refractivity contribution in [2.75, 3.05) is 0 Å². The van der Waals surface area contributed by atoms with E-state index in [1.807, 2.05) is 68.4 Å². The maximum atomic E-state index is 12.0. The van der Waals surface area contributed by atoms with Crippen LogP contribution in [0.25, 0.3) is 0 Å². The van der Waals surface area contributed by atoms with Crippen LogP contribution in [-0.4, -0.2) is 10.9 Å². The van der Waals surface area contributed by atoms with Gasteiger partial charge < -0.3 is 10.1 Å². The zero-order valence-corrected chi connectivity index (χ0v) is 15.7. The monoisotopic (exact) mass is 360 g/mol. The second kappa shape index (κ2) is 8.99. The maximum Gasteiger partial charge on any atom is 0.220 e. The minimum Gasteiger partial charge on any atom is -0.439 e. The fraction of sp³-hybridized carbons (Fsp3) is 0.217. The number of nitrogens with one attached hydrogen (secondary N) is 1. The molecule has 2 aromatic carbocycles. The number of pyridine rings is 1. The van der Waals surface area contributed by atoms with E-state index in [2.05, 4.69) is 16.4 Å². The molecule has 0 bridgehead atoms. The number of carbonyl (C=O) groups excluding carboxylic acids is 1. The molecule has 1 aromatic heterocycles. The number of aromatic nitrogens is 1. The first-order valence-electron chi connectivity index (χ1n) is 9.11. The van der Waals surface area contributed by atoms with Gasteiger partial charge in [0.2, 0.25) is 11.8 Å². The zero-order chi connectivity index (χ0) is 19.1. The summed E-state index contributed by atoms with van der Waals surface area (Å²) >= 11 is 0. The predicted molar refractivity (Wildman–Crippen MR) is 107 cm³/mol. The molecule has 3 rings (SSSR count). The standard InChI is InChI=1S/C23H24N2O2/c1-17-8-9-18(2)21(14-17)27-23-13-11-20(16-25-23)15-24-22(26)12-10-19-6-4-3-5-7-19/h3-9,11,13-14,16H,10,12,15H2,1-2H3,(H,24,26). The second-order valence-corrected chi connectivity index (χ2v) is 6.64. The molecule has 0 unspecified atom stereocenters. The van der Waals surface area contributed by atoms with Gasteiger partial charge in [-0.05, 0) is 48.6 Å². The SMILES string of the molecule is Cc1ccc(C)c(Oc2ccc(CNC(=O)CCc3ccccc3)cn2)c1. The van der Waals surface area contributed by atoms with Crippen LogP contribution in [0.4, 0.5) is 0 Å². The molecule has 0 atom stereocenters. The van der Waals surface area contributed by atoms with Crippen molar-refractivity contribution in [2.45, 2.75) is 33.2 Å². The Hall–Kier alpha value is -3.14. The van der Waals surface area contributed by atoms with Crippen LogP contribution in [0.2, 0.25) is 0 Å². The fourth-order valence-corrected chi connectivity index (χ4v) is 2.70. The average Bonchev–Trinajstić information content (AvgIpc) is 2.69. The minimum absolute atomic E-state index is 0.0366. The molecule has 1 heterocycles. The van der Waals surface area contributed by atoms with Crippen LogP contribution in [0.15, 0.2) is 66.9 Å². The maximum absolute atomic E-state index is 12.0. The van der Waals surface area contributed by atoms with Crippen molar-refractivity contribution in [3.8, 4) is 11.6 Å². The number of benzene rings is 2. The summed E-state index contributed by atoms with van der Waals surface area (Å²) in [5.74, 6) is 1.39. The lowest BCUT2D eigenvalue weighted by molar-refractivity contribution is -0.121. The van der Waals surface area contributed by atoms with Gasteiger partial charge in [-0.3, -0.25) is 4.79 Å². The number of carbonyl (C=O) groups is 1. The highest BCUT2D eigenvalue weighted by Gasteiger charge is 2.05. The van der Waals surface area contributed by atoms with Gasteiger partial charge in [-0.1, -0.05) is 48.5 Å². The Labute approximate surface area is 160 Å². The molecule has 0 fully saturated rings. The van der Waals surface area contributed by atoms with Gasteiger partial charge >= 0.3 is 0 Å². The smallest absolute Gasteiger partial charge is 0.220 e. The number of hydrogen-bond donors (Lipinski definition) is 1. The summed E-state index contributed by atoms with van der Waals surface area (Å²) in [4.78, 5) is 16.4. The van der Waals surface area contributed by atoms with Crippen molar-refractivity contribution in [3.63, 3.8) is 0 Å². The number of amides is 1. The van der Waals surface area contributed by atoms with E-state index in [1.165, 1.54) is 5.56 Å². The van der Waals surface area contributed by atoms with E-state index in [0.717, 1.165) is 28.9 Å². The van der Waals surface area contributed by atoms with E-state index in [1.54, 1.807) is 6.20 Å². The summed E-state index contributed by atoms with van der Waals surface area (Å²) in [6.45, 7) is 4.50. The van der Waals surface area contributed by atoms with Gasteiger partial charge in [0.1, 0.15) is 5.75 Å². The Morgan fingerprint density at radius 2 is 1.81 bits per heavy atom. The lowest BCUT2D eigenvalue weighted by Gasteiger charge is -2.10. The highest BCUT2D eigenvalue weighted by molar-refractivity contribution is 5.76. The van der Waals surface area contributed by atoms with Gasteiger partial charge in [0, 0.05) is 25.2 Å². The first-order chi connectivity index (χ1) is 13.1. The molecule has 0 saturated carbocycles. The van der Waals surface area contributed by atoms with E-state index < -0.39 is 0 Å². The van der Waals surface area contributed by atoms with Crippen molar-refractivity contribution >= 4 is 5.91 Å². The number of nitrogens with zero attached hydrogens (tertiary/aromatic N) is 1.